The van der Waals surface area contributed by atoms with Crippen molar-refractivity contribution < 1.29 is 9.52 Å². The van der Waals surface area contributed by atoms with Gasteiger partial charge in [-0.15, -0.1) is 0 Å². The molecule has 0 amide bonds. The lowest BCUT2D eigenvalue weighted by Gasteiger charge is -2.04. The summed E-state index contributed by atoms with van der Waals surface area (Å²) in [6.07, 6.45) is 0.628. The number of aliphatic hydroxyl groups is 1. The van der Waals surface area contributed by atoms with E-state index in [9.17, 15) is 5.11 Å². The van der Waals surface area contributed by atoms with Gasteiger partial charge in [-0.25, -0.2) is 0 Å². The van der Waals surface area contributed by atoms with E-state index in [0.717, 1.165) is 32.3 Å². The molecule has 0 aliphatic heterocycles. The first-order valence-electron chi connectivity index (χ1n) is 6.17. The fraction of sp³-hybridized carbons (Fsp3) is 0.125. The third-order valence-corrected chi connectivity index (χ3v) is 3.76. The second-order valence-electron chi connectivity index (χ2n) is 4.38. The van der Waals surface area contributed by atoms with Crippen molar-refractivity contribution in [1.29, 1.82) is 0 Å². The molecule has 0 atom stereocenters. The zero-order chi connectivity index (χ0) is 13.2. The fourth-order valence-corrected chi connectivity index (χ4v) is 2.98. The average molecular weight is 317 g/mol. The van der Waals surface area contributed by atoms with Crippen LogP contribution in [0.4, 0.5) is 0 Å². The minimum absolute atomic E-state index is 0.135. The summed E-state index contributed by atoms with van der Waals surface area (Å²) in [5.41, 5.74) is 4.11. The Balaban J connectivity index is 2.32. The Hall–Kier alpha value is -1.58. The van der Waals surface area contributed by atoms with E-state index in [0.29, 0.717) is 6.42 Å². The summed E-state index contributed by atoms with van der Waals surface area (Å²) >= 11 is 3.50. The van der Waals surface area contributed by atoms with Crippen molar-refractivity contribution in [3.8, 4) is 11.1 Å². The van der Waals surface area contributed by atoms with Gasteiger partial charge in [-0.3, -0.25) is 0 Å². The highest BCUT2D eigenvalue weighted by atomic mass is 79.9. The minimum Gasteiger partial charge on any atom is -0.449 e. The number of rotatable bonds is 3. The second-order valence-corrected chi connectivity index (χ2v) is 5.10. The third kappa shape index (κ3) is 2.20. The van der Waals surface area contributed by atoms with Gasteiger partial charge < -0.3 is 9.52 Å². The quantitative estimate of drug-likeness (QED) is 0.777. The minimum atomic E-state index is 0.135. The summed E-state index contributed by atoms with van der Waals surface area (Å²) in [5, 5.41) is 10.3. The van der Waals surface area contributed by atoms with Crippen LogP contribution in [0.15, 0.2) is 57.6 Å². The Morgan fingerprint density at radius 1 is 1.00 bits per heavy atom. The van der Waals surface area contributed by atoms with Gasteiger partial charge in [0.2, 0.25) is 0 Å². The van der Waals surface area contributed by atoms with Gasteiger partial charge in [0.15, 0.2) is 4.67 Å². The molecule has 96 valence electrons. The van der Waals surface area contributed by atoms with E-state index in [1.54, 1.807) is 0 Å². The predicted molar refractivity (Wildman–Crippen MR) is 80.1 cm³/mol. The van der Waals surface area contributed by atoms with Crippen LogP contribution in [-0.2, 0) is 6.42 Å². The summed E-state index contributed by atoms with van der Waals surface area (Å²) in [7, 11) is 0. The lowest BCUT2D eigenvalue weighted by molar-refractivity contribution is 0.300. The SMILES string of the molecule is OCCc1cccc2oc(Br)c(-c3ccccc3)c12. The normalized spacial score (nSPS) is 11.1. The van der Waals surface area contributed by atoms with E-state index >= 15 is 0 Å². The lowest BCUT2D eigenvalue weighted by atomic mass is 9.99. The van der Waals surface area contributed by atoms with Crippen molar-refractivity contribution in [1.82, 2.24) is 0 Å². The number of benzene rings is 2. The van der Waals surface area contributed by atoms with E-state index < -0.39 is 0 Å². The summed E-state index contributed by atoms with van der Waals surface area (Å²) in [6, 6.07) is 16.1. The molecule has 0 radical (unpaired) electrons. The maximum atomic E-state index is 9.21. The summed E-state index contributed by atoms with van der Waals surface area (Å²) < 4.78 is 6.51. The summed E-state index contributed by atoms with van der Waals surface area (Å²) in [4.78, 5) is 0. The predicted octanol–water partition coefficient (Wildman–Crippen LogP) is 4.40. The van der Waals surface area contributed by atoms with Crippen molar-refractivity contribution in [2.24, 2.45) is 0 Å². The van der Waals surface area contributed by atoms with E-state index in [1.165, 1.54) is 0 Å². The van der Waals surface area contributed by atoms with Gasteiger partial charge >= 0.3 is 0 Å². The zero-order valence-electron chi connectivity index (χ0n) is 10.3. The van der Waals surface area contributed by atoms with Crippen LogP contribution in [0.2, 0.25) is 0 Å². The van der Waals surface area contributed by atoms with Crippen molar-refractivity contribution in [3.05, 3.63) is 58.8 Å². The maximum Gasteiger partial charge on any atom is 0.178 e. The first-order chi connectivity index (χ1) is 9.31. The number of hydrogen-bond acceptors (Lipinski definition) is 2. The molecule has 0 aliphatic rings. The van der Waals surface area contributed by atoms with Gasteiger partial charge in [0.25, 0.3) is 0 Å². The molecule has 0 aliphatic carbocycles. The smallest absolute Gasteiger partial charge is 0.178 e. The molecule has 1 heterocycles. The molecule has 0 spiro atoms. The molecule has 1 aromatic heterocycles. The molecule has 3 heteroatoms. The van der Waals surface area contributed by atoms with Crippen LogP contribution >= 0.6 is 15.9 Å². The highest BCUT2D eigenvalue weighted by Gasteiger charge is 2.16. The Bertz CT molecular complexity index is 701. The number of hydrogen-bond donors (Lipinski definition) is 1. The second kappa shape index (κ2) is 5.19. The van der Waals surface area contributed by atoms with Gasteiger partial charge in [-0.1, -0.05) is 42.5 Å². The number of fused-ring (bicyclic) bond motifs is 1. The van der Waals surface area contributed by atoms with Crippen molar-refractivity contribution in [3.63, 3.8) is 0 Å². The van der Waals surface area contributed by atoms with Gasteiger partial charge in [-0.05, 0) is 39.5 Å². The Labute approximate surface area is 119 Å². The number of furan rings is 1. The van der Waals surface area contributed by atoms with Crippen LogP contribution in [0.25, 0.3) is 22.1 Å². The van der Waals surface area contributed by atoms with Crippen LogP contribution in [-0.4, -0.2) is 11.7 Å². The van der Waals surface area contributed by atoms with Gasteiger partial charge in [-0.2, -0.15) is 0 Å². The Morgan fingerprint density at radius 3 is 2.53 bits per heavy atom. The largest absolute Gasteiger partial charge is 0.449 e. The highest BCUT2D eigenvalue weighted by Crippen LogP contribution is 2.39. The standard InChI is InChI=1S/C16H13BrO2/c17-16-15(11-5-2-1-3-6-11)14-12(9-10-18)7-4-8-13(14)19-16/h1-8,18H,9-10H2. The third-order valence-electron chi connectivity index (χ3n) is 3.20. The highest BCUT2D eigenvalue weighted by molar-refractivity contribution is 9.10. The van der Waals surface area contributed by atoms with Crippen LogP contribution < -0.4 is 0 Å². The van der Waals surface area contributed by atoms with E-state index in [4.69, 9.17) is 4.42 Å². The zero-order valence-corrected chi connectivity index (χ0v) is 11.9. The Kier molecular flexibility index (Phi) is 3.40. The molecule has 0 bridgehead atoms. The molecule has 2 nitrogen and oxygen atoms in total. The maximum absolute atomic E-state index is 9.21. The van der Waals surface area contributed by atoms with E-state index in [1.807, 2.05) is 36.4 Å². The summed E-state index contributed by atoms with van der Waals surface area (Å²) in [5.74, 6) is 0. The lowest BCUT2D eigenvalue weighted by Crippen LogP contribution is -1.91. The van der Waals surface area contributed by atoms with Gasteiger partial charge in [0.1, 0.15) is 5.58 Å². The topological polar surface area (TPSA) is 33.4 Å². The molecular formula is C16H13BrO2. The van der Waals surface area contributed by atoms with Crippen molar-refractivity contribution in [2.75, 3.05) is 6.61 Å². The molecule has 2 aromatic carbocycles. The first-order valence-corrected chi connectivity index (χ1v) is 6.96. The van der Waals surface area contributed by atoms with Crippen LogP contribution in [0.1, 0.15) is 5.56 Å². The monoisotopic (exact) mass is 316 g/mol. The Morgan fingerprint density at radius 2 is 1.79 bits per heavy atom. The number of halogens is 1. The van der Waals surface area contributed by atoms with Crippen LogP contribution in [0, 0.1) is 0 Å². The van der Waals surface area contributed by atoms with Crippen molar-refractivity contribution in [2.45, 2.75) is 6.42 Å². The molecule has 0 saturated carbocycles. The van der Waals surface area contributed by atoms with Gasteiger partial charge in [0.05, 0.1) is 0 Å². The molecule has 1 N–H and O–H groups in total. The van der Waals surface area contributed by atoms with Crippen molar-refractivity contribution >= 4 is 26.9 Å². The van der Waals surface area contributed by atoms with Crippen LogP contribution in [0.3, 0.4) is 0 Å². The molecule has 0 fully saturated rings. The molecular weight excluding hydrogens is 304 g/mol. The molecule has 19 heavy (non-hydrogen) atoms. The molecule has 3 aromatic rings. The number of aliphatic hydroxyl groups excluding tert-OH is 1. The van der Waals surface area contributed by atoms with E-state index in [-0.39, 0.29) is 6.61 Å². The molecule has 0 unspecified atom stereocenters. The molecule has 3 rings (SSSR count). The van der Waals surface area contributed by atoms with Gasteiger partial charge in [0, 0.05) is 17.6 Å². The molecule has 0 saturated heterocycles. The van der Waals surface area contributed by atoms with E-state index in [2.05, 4.69) is 28.1 Å². The fourth-order valence-electron chi connectivity index (χ4n) is 2.38. The van der Waals surface area contributed by atoms with Crippen LogP contribution in [0.5, 0.6) is 0 Å². The first kappa shape index (κ1) is 12.5. The average Bonchev–Trinajstić information content (AvgIpc) is 2.77. The summed E-state index contributed by atoms with van der Waals surface area (Å²) in [6.45, 7) is 0.135.